The van der Waals surface area contributed by atoms with Gasteiger partial charge in [0, 0.05) is 5.75 Å². The van der Waals surface area contributed by atoms with Crippen molar-refractivity contribution >= 4 is 11.8 Å². The summed E-state index contributed by atoms with van der Waals surface area (Å²) < 4.78 is 0. The Morgan fingerprint density at radius 2 is 1.50 bits per heavy atom. The van der Waals surface area contributed by atoms with Crippen molar-refractivity contribution in [3.8, 4) is 0 Å². The van der Waals surface area contributed by atoms with Crippen LogP contribution in [0.1, 0.15) is 62.0 Å². The van der Waals surface area contributed by atoms with E-state index in [4.69, 9.17) is 0 Å². The number of rotatable bonds is 2. The van der Waals surface area contributed by atoms with E-state index < -0.39 is 0 Å². The molecule has 0 bridgehead atoms. The van der Waals surface area contributed by atoms with Gasteiger partial charge in [-0.3, -0.25) is 0 Å². The van der Waals surface area contributed by atoms with E-state index in [0.29, 0.717) is 11.8 Å². The molecular formula is C13H20N2S. The molecule has 0 saturated carbocycles. The maximum absolute atomic E-state index is 4.45. The third-order valence-corrected chi connectivity index (χ3v) is 4.07. The number of hydrogen-bond donors (Lipinski definition) is 0. The number of nitrogens with zero attached hydrogens (tertiary/aromatic N) is 2. The van der Waals surface area contributed by atoms with Gasteiger partial charge in [-0.1, -0.05) is 27.7 Å². The SMILES string of the molecule is CC(C)c1nnc(C(C)C)c2c1CCSC2. The van der Waals surface area contributed by atoms with Crippen LogP contribution >= 0.6 is 11.8 Å². The second-order valence-electron chi connectivity index (χ2n) is 5.04. The molecular weight excluding hydrogens is 216 g/mol. The van der Waals surface area contributed by atoms with Crippen molar-refractivity contribution in [3.05, 3.63) is 22.5 Å². The summed E-state index contributed by atoms with van der Waals surface area (Å²) in [5.41, 5.74) is 5.41. The molecule has 2 rings (SSSR count). The highest BCUT2D eigenvalue weighted by molar-refractivity contribution is 7.98. The zero-order chi connectivity index (χ0) is 11.7. The van der Waals surface area contributed by atoms with Crippen molar-refractivity contribution < 1.29 is 0 Å². The molecule has 0 aliphatic carbocycles. The first-order valence-corrected chi connectivity index (χ1v) is 7.22. The lowest BCUT2D eigenvalue weighted by Gasteiger charge is -2.23. The molecule has 0 atom stereocenters. The van der Waals surface area contributed by atoms with Gasteiger partial charge in [0.2, 0.25) is 0 Å². The van der Waals surface area contributed by atoms with E-state index in [-0.39, 0.29) is 0 Å². The molecule has 0 unspecified atom stereocenters. The Morgan fingerprint density at radius 3 is 2.06 bits per heavy atom. The summed E-state index contributed by atoms with van der Waals surface area (Å²) in [6, 6.07) is 0. The smallest absolute Gasteiger partial charge is 0.0699 e. The Labute approximate surface area is 102 Å². The van der Waals surface area contributed by atoms with Crippen LogP contribution in [-0.4, -0.2) is 16.0 Å². The number of aromatic nitrogens is 2. The van der Waals surface area contributed by atoms with Gasteiger partial charge in [-0.25, -0.2) is 0 Å². The first-order chi connectivity index (χ1) is 7.61. The summed E-state index contributed by atoms with van der Waals surface area (Å²) in [5.74, 6) is 3.33. The molecule has 0 spiro atoms. The van der Waals surface area contributed by atoms with Crippen LogP contribution in [0.15, 0.2) is 0 Å². The van der Waals surface area contributed by atoms with Crippen LogP contribution in [0.3, 0.4) is 0 Å². The van der Waals surface area contributed by atoms with Gasteiger partial charge in [0.25, 0.3) is 0 Å². The van der Waals surface area contributed by atoms with Crippen LogP contribution in [0.4, 0.5) is 0 Å². The minimum absolute atomic E-state index is 0.487. The van der Waals surface area contributed by atoms with Crippen LogP contribution in [0.5, 0.6) is 0 Å². The van der Waals surface area contributed by atoms with Crippen LogP contribution in [0.25, 0.3) is 0 Å². The lowest BCUT2D eigenvalue weighted by Crippen LogP contribution is -2.15. The molecule has 3 heteroatoms. The van der Waals surface area contributed by atoms with E-state index in [9.17, 15) is 0 Å². The molecule has 0 radical (unpaired) electrons. The van der Waals surface area contributed by atoms with Gasteiger partial charge in [0.05, 0.1) is 11.4 Å². The standard InChI is InChI=1S/C13H20N2S/c1-8(2)12-10-5-6-16-7-11(10)13(9(3)4)15-14-12/h8-9H,5-7H2,1-4H3. The van der Waals surface area contributed by atoms with Gasteiger partial charge < -0.3 is 0 Å². The lowest BCUT2D eigenvalue weighted by molar-refractivity contribution is 0.703. The Bertz CT molecular complexity index is 349. The van der Waals surface area contributed by atoms with Crippen LogP contribution in [0.2, 0.25) is 0 Å². The monoisotopic (exact) mass is 236 g/mol. The van der Waals surface area contributed by atoms with E-state index in [1.807, 2.05) is 11.8 Å². The van der Waals surface area contributed by atoms with Crippen molar-refractivity contribution in [2.24, 2.45) is 0 Å². The molecule has 0 fully saturated rings. The summed E-state index contributed by atoms with van der Waals surface area (Å²) in [6.07, 6.45) is 1.17. The third kappa shape index (κ3) is 2.10. The summed E-state index contributed by atoms with van der Waals surface area (Å²) in [7, 11) is 0. The molecule has 2 heterocycles. The molecule has 1 aliphatic heterocycles. The van der Waals surface area contributed by atoms with Crippen molar-refractivity contribution in [3.63, 3.8) is 0 Å². The fourth-order valence-electron chi connectivity index (χ4n) is 2.25. The van der Waals surface area contributed by atoms with Crippen molar-refractivity contribution in [1.82, 2.24) is 10.2 Å². The van der Waals surface area contributed by atoms with Crippen molar-refractivity contribution in [1.29, 1.82) is 0 Å². The Morgan fingerprint density at radius 1 is 0.938 bits per heavy atom. The summed E-state index contributed by atoms with van der Waals surface area (Å²) in [4.78, 5) is 0. The zero-order valence-corrected chi connectivity index (χ0v) is 11.4. The quantitative estimate of drug-likeness (QED) is 0.786. The zero-order valence-electron chi connectivity index (χ0n) is 10.6. The van der Waals surface area contributed by atoms with Crippen LogP contribution < -0.4 is 0 Å². The van der Waals surface area contributed by atoms with Gasteiger partial charge in [-0.05, 0) is 35.1 Å². The largest absolute Gasteiger partial charge is 0.157 e. The minimum atomic E-state index is 0.487. The first kappa shape index (κ1) is 11.9. The molecule has 0 N–H and O–H groups in total. The lowest BCUT2D eigenvalue weighted by atomic mass is 9.94. The normalized spacial score (nSPS) is 15.6. The number of thioether (sulfide) groups is 1. The predicted molar refractivity (Wildman–Crippen MR) is 70.1 cm³/mol. The van der Waals surface area contributed by atoms with Gasteiger partial charge in [-0.2, -0.15) is 22.0 Å². The maximum atomic E-state index is 4.45. The minimum Gasteiger partial charge on any atom is -0.157 e. The summed E-state index contributed by atoms with van der Waals surface area (Å²) in [5, 5.41) is 8.90. The van der Waals surface area contributed by atoms with E-state index >= 15 is 0 Å². The van der Waals surface area contributed by atoms with Gasteiger partial charge >= 0.3 is 0 Å². The molecule has 88 valence electrons. The average molecular weight is 236 g/mol. The fourth-order valence-corrected chi connectivity index (χ4v) is 3.27. The van der Waals surface area contributed by atoms with E-state index in [0.717, 1.165) is 5.75 Å². The van der Waals surface area contributed by atoms with Gasteiger partial charge in [-0.15, -0.1) is 0 Å². The van der Waals surface area contributed by atoms with E-state index in [1.54, 1.807) is 0 Å². The molecule has 1 aromatic heterocycles. The second-order valence-corrected chi connectivity index (χ2v) is 6.14. The summed E-state index contributed by atoms with van der Waals surface area (Å²) in [6.45, 7) is 8.83. The summed E-state index contributed by atoms with van der Waals surface area (Å²) >= 11 is 2.02. The Balaban J connectivity index is 2.54. The number of hydrogen-bond acceptors (Lipinski definition) is 3. The highest BCUT2D eigenvalue weighted by atomic mass is 32.2. The van der Waals surface area contributed by atoms with Gasteiger partial charge in [0.15, 0.2) is 0 Å². The molecule has 0 saturated heterocycles. The Hall–Kier alpha value is -0.570. The molecule has 0 aromatic carbocycles. The highest BCUT2D eigenvalue weighted by Crippen LogP contribution is 2.33. The molecule has 0 amide bonds. The van der Waals surface area contributed by atoms with Crippen molar-refractivity contribution in [2.75, 3.05) is 5.75 Å². The number of fused-ring (bicyclic) bond motifs is 1. The van der Waals surface area contributed by atoms with Crippen molar-refractivity contribution in [2.45, 2.75) is 51.7 Å². The third-order valence-electron chi connectivity index (χ3n) is 3.08. The van der Waals surface area contributed by atoms with Crippen LogP contribution in [0, 0.1) is 0 Å². The molecule has 1 aliphatic rings. The Kier molecular flexibility index (Phi) is 3.53. The average Bonchev–Trinajstić information content (AvgIpc) is 2.27. The fraction of sp³-hybridized carbons (Fsp3) is 0.692. The second kappa shape index (κ2) is 4.74. The molecule has 2 nitrogen and oxygen atoms in total. The van der Waals surface area contributed by atoms with E-state index in [2.05, 4.69) is 37.9 Å². The topological polar surface area (TPSA) is 25.8 Å². The molecule has 1 aromatic rings. The maximum Gasteiger partial charge on any atom is 0.0699 e. The highest BCUT2D eigenvalue weighted by Gasteiger charge is 2.22. The molecule has 16 heavy (non-hydrogen) atoms. The predicted octanol–water partition coefficient (Wildman–Crippen LogP) is 3.51. The van der Waals surface area contributed by atoms with Gasteiger partial charge in [0.1, 0.15) is 0 Å². The van der Waals surface area contributed by atoms with Crippen LogP contribution in [-0.2, 0) is 12.2 Å². The first-order valence-electron chi connectivity index (χ1n) is 6.07. The van der Waals surface area contributed by atoms with E-state index in [1.165, 1.54) is 34.7 Å².